The zero-order valence-corrected chi connectivity index (χ0v) is 7.65. The lowest BCUT2D eigenvalue weighted by Crippen LogP contribution is -1.92. The molecule has 5 heteroatoms. The van der Waals surface area contributed by atoms with E-state index in [0.717, 1.165) is 0 Å². The van der Waals surface area contributed by atoms with Crippen LogP contribution in [0, 0.1) is 11.3 Å². The van der Waals surface area contributed by atoms with Gasteiger partial charge >= 0.3 is 0 Å². The van der Waals surface area contributed by atoms with Crippen LogP contribution in [-0.2, 0) is 0 Å². The minimum Gasteiger partial charge on any atom is -0.384 e. The number of aromatic nitrogens is 1. The van der Waals surface area contributed by atoms with Gasteiger partial charge in [-0.3, -0.25) is 0 Å². The Morgan fingerprint density at radius 2 is 2.36 bits per heavy atom. The third kappa shape index (κ3) is 1.62. The number of halogens is 2. The van der Waals surface area contributed by atoms with Crippen LogP contribution in [0.5, 0.6) is 0 Å². The molecule has 0 saturated heterocycles. The molecule has 0 saturated carbocycles. The minimum absolute atomic E-state index is 0.210. The van der Waals surface area contributed by atoms with E-state index < -0.39 is 0 Å². The van der Waals surface area contributed by atoms with Gasteiger partial charge in [-0.05, 0) is 22.0 Å². The Bertz CT molecular complexity index is 331. The summed E-state index contributed by atoms with van der Waals surface area (Å²) >= 11 is 8.71. The summed E-state index contributed by atoms with van der Waals surface area (Å²) in [5, 5.41) is 8.76. The monoisotopic (exact) mass is 231 g/mol. The van der Waals surface area contributed by atoms with Gasteiger partial charge in [0.25, 0.3) is 0 Å². The van der Waals surface area contributed by atoms with E-state index in [1.54, 1.807) is 0 Å². The first kappa shape index (κ1) is 8.31. The van der Waals surface area contributed by atoms with Crippen LogP contribution in [0.4, 0.5) is 5.82 Å². The summed E-state index contributed by atoms with van der Waals surface area (Å²) in [6.07, 6.45) is 0. The Balaban J connectivity index is 3.39. The highest BCUT2D eigenvalue weighted by molar-refractivity contribution is 9.10. The average Bonchev–Trinajstić information content (AvgIpc) is 1.96. The maximum absolute atomic E-state index is 8.55. The standard InChI is InChI=1S/C6H3BrClN3/c7-5-3(2-9)1-4(10)11-6(5)8/h1H,(H2,10,11). The molecule has 0 aliphatic rings. The fourth-order valence-electron chi connectivity index (χ4n) is 0.598. The lowest BCUT2D eigenvalue weighted by atomic mass is 10.3. The van der Waals surface area contributed by atoms with E-state index >= 15 is 0 Å². The summed E-state index contributed by atoms with van der Waals surface area (Å²) in [5.74, 6) is 0.245. The van der Waals surface area contributed by atoms with Gasteiger partial charge in [0.05, 0.1) is 10.0 Å². The molecule has 0 radical (unpaired) electrons. The molecular formula is C6H3BrClN3. The van der Waals surface area contributed by atoms with E-state index in [9.17, 15) is 0 Å². The van der Waals surface area contributed by atoms with Crippen LogP contribution in [0.3, 0.4) is 0 Å². The molecule has 0 unspecified atom stereocenters. The van der Waals surface area contributed by atoms with Crippen molar-refractivity contribution in [2.45, 2.75) is 0 Å². The number of anilines is 1. The van der Waals surface area contributed by atoms with Crippen molar-refractivity contribution in [2.75, 3.05) is 5.73 Å². The number of nitrogens with zero attached hydrogens (tertiary/aromatic N) is 2. The molecule has 2 N–H and O–H groups in total. The predicted octanol–water partition coefficient (Wildman–Crippen LogP) is 1.95. The Morgan fingerprint density at radius 3 is 2.91 bits per heavy atom. The molecule has 11 heavy (non-hydrogen) atoms. The average molecular weight is 232 g/mol. The van der Waals surface area contributed by atoms with Crippen LogP contribution in [-0.4, -0.2) is 4.98 Å². The summed E-state index contributed by atoms with van der Waals surface area (Å²) in [6, 6.07) is 3.38. The van der Waals surface area contributed by atoms with E-state index in [1.807, 2.05) is 6.07 Å². The highest BCUT2D eigenvalue weighted by Crippen LogP contribution is 2.25. The highest BCUT2D eigenvalue weighted by atomic mass is 79.9. The van der Waals surface area contributed by atoms with Gasteiger partial charge in [-0.25, -0.2) is 4.98 Å². The molecule has 1 heterocycles. The summed E-state index contributed by atoms with van der Waals surface area (Å²) in [5.41, 5.74) is 5.73. The van der Waals surface area contributed by atoms with E-state index in [4.69, 9.17) is 22.6 Å². The van der Waals surface area contributed by atoms with E-state index in [0.29, 0.717) is 10.0 Å². The number of nitrogen functional groups attached to an aromatic ring is 1. The van der Waals surface area contributed by atoms with Crippen molar-refractivity contribution in [1.82, 2.24) is 4.98 Å². The third-order valence-electron chi connectivity index (χ3n) is 1.06. The van der Waals surface area contributed by atoms with Crippen molar-refractivity contribution in [2.24, 2.45) is 0 Å². The minimum atomic E-state index is 0.210. The van der Waals surface area contributed by atoms with Crippen molar-refractivity contribution >= 4 is 33.3 Å². The normalized spacial score (nSPS) is 9.18. The van der Waals surface area contributed by atoms with E-state index in [-0.39, 0.29) is 11.0 Å². The smallest absolute Gasteiger partial charge is 0.146 e. The zero-order chi connectivity index (χ0) is 8.43. The van der Waals surface area contributed by atoms with Crippen molar-refractivity contribution in [3.8, 4) is 6.07 Å². The fraction of sp³-hybridized carbons (Fsp3) is 0. The van der Waals surface area contributed by atoms with Gasteiger partial charge in [0.15, 0.2) is 0 Å². The van der Waals surface area contributed by atoms with Crippen molar-refractivity contribution < 1.29 is 0 Å². The number of nitrogens with two attached hydrogens (primary N) is 1. The van der Waals surface area contributed by atoms with Crippen LogP contribution in [0.1, 0.15) is 5.56 Å². The van der Waals surface area contributed by atoms with Crippen molar-refractivity contribution in [3.63, 3.8) is 0 Å². The van der Waals surface area contributed by atoms with E-state index in [1.165, 1.54) is 6.07 Å². The summed E-state index contributed by atoms with van der Waals surface area (Å²) in [7, 11) is 0. The summed E-state index contributed by atoms with van der Waals surface area (Å²) in [6.45, 7) is 0. The van der Waals surface area contributed by atoms with Crippen molar-refractivity contribution in [3.05, 3.63) is 21.3 Å². The lowest BCUT2D eigenvalue weighted by Gasteiger charge is -1.98. The van der Waals surface area contributed by atoms with Crippen LogP contribution in [0.2, 0.25) is 5.15 Å². The van der Waals surface area contributed by atoms with Crippen molar-refractivity contribution in [1.29, 1.82) is 5.26 Å². The van der Waals surface area contributed by atoms with Gasteiger partial charge < -0.3 is 5.73 Å². The molecule has 0 amide bonds. The Morgan fingerprint density at radius 1 is 1.73 bits per heavy atom. The van der Waals surface area contributed by atoms with Crippen LogP contribution in [0.15, 0.2) is 10.5 Å². The Kier molecular flexibility index (Phi) is 2.32. The first-order valence-electron chi connectivity index (χ1n) is 2.66. The Labute approximate surface area is 76.9 Å². The second-order valence-corrected chi connectivity index (χ2v) is 2.96. The molecule has 0 bridgehead atoms. The van der Waals surface area contributed by atoms with Crippen LogP contribution < -0.4 is 5.73 Å². The number of hydrogen-bond donors (Lipinski definition) is 1. The van der Waals surface area contributed by atoms with Gasteiger partial charge in [-0.1, -0.05) is 11.6 Å². The number of pyridine rings is 1. The van der Waals surface area contributed by atoms with Crippen LogP contribution >= 0.6 is 27.5 Å². The molecule has 0 aliphatic carbocycles. The fourth-order valence-corrected chi connectivity index (χ4v) is 1.09. The lowest BCUT2D eigenvalue weighted by molar-refractivity contribution is 1.30. The quantitative estimate of drug-likeness (QED) is 0.696. The third-order valence-corrected chi connectivity index (χ3v) is 2.36. The topological polar surface area (TPSA) is 62.7 Å². The van der Waals surface area contributed by atoms with Gasteiger partial charge in [0.2, 0.25) is 0 Å². The van der Waals surface area contributed by atoms with Crippen LogP contribution in [0.25, 0.3) is 0 Å². The predicted molar refractivity (Wildman–Crippen MR) is 46.1 cm³/mol. The highest BCUT2D eigenvalue weighted by Gasteiger charge is 2.05. The summed E-state index contributed by atoms with van der Waals surface area (Å²) in [4.78, 5) is 3.73. The first-order valence-corrected chi connectivity index (χ1v) is 3.84. The van der Waals surface area contributed by atoms with Gasteiger partial charge in [-0.15, -0.1) is 0 Å². The molecular weight excluding hydrogens is 229 g/mol. The molecule has 0 spiro atoms. The molecule has 0 aromatic carbocycles. The first-order chi connectivity index (χ1) is 5.15. The maximum Gasteiger partial charge on any atom is 0.146 e. The molecule has 56 valence electrons. The molecule has 0 aliphatic heterocycles. The second-order valence-electron chi connectivity index (χ2n) is 1.81. The molecule has 0 fully saturated rings. The van der Waals surface area contributed by atoms with E-state index in [2.05, 4.69) is 20.9 Å². The second kappa shape index (κ2) is 3.07. The molecule has 1 aromatic rings. The molecule has 1 rings (SSSR count). The largest absolute Gasteiger partial charge is 0.384 e. The van der Waals surface area contributed by atoms with Gasteiger partial charge in [0.1, 0.15) is 17.0 Å². The SMILES string of the molecule is N#Cc1cc(N)nc(Cl)c1Br. The number of nitriles is 1. The Hall–Kier alpha value is -0.790. The van der Waals surface area contributed by atoms with Gasteiger partial charge in [-0.2, -0.15) is 5.26 Å². The number of hydrogen-bond acceptors (Lipinski definition) is 3. The zero-order valence-electron chi connectivity index (χ0n) is 5.31. The van der Waals surface area contributed by atoms with Gasteiger partial charge in [0, 0.05) is 0 Å². The number of rotatable bonds is 0. The summed E-state index contributed by atoms with van der Waals surface area (Å²) < 4.78 is 0.482. The molecule has 1 aromatic heterocycles. The molecule has 0 atom stereocenters. The maximum atomic E-state index is 8.55. The molecule has 3 nitrogen and oxygen atoms in total.